The molecule has 2 aromatic carbocycles. The number of rotatable bonds is 2. The van der Waals surface area contributed by atoms with E-state index in [1.54, 1.807) is 0 Å². The average Bonchev–Trinajstić information content (AvgIpc) is 3.11. The molecule has 0 radical (unpaired) electrons. The molecule has 0 fully saturated rings. The number of H-pyrrole nitrogens is 1. The third-order valence-electron chi connectivity index (χ3n) is 4.44. The van der Waals surface area contributed by atoms with Crippen LogP contribution in [-0.2, 0) is 6.42 Å². The van der Waals surface area contributed by atoms with Gasteiger partial charge < -0.3 is 4.98 Å². The van der Waals surface area contributed by atoms with Crippen molar-refractivity contribution in [2.24, 2.45) is 0 Å². The van der Waals surface area contributed by atoms with E-state index in [2.05, 4.69) is 67.4 Å². The summed E-state index contributed by atoms with van der Waals surface area (Å²) >= 11 is 6.55. The molecular formula is C20H18ClN. The van der Waals surface area contributed by atoms with E-state index in [0.717, 1.165) is 22.5 Å². The number of benzene rings is 2. The van der Waals surface area contributed by atoms with Gasteiger partial charge in [0.25, 0.3) is 0 Å². The highest BCUT2D eigenvalue weighted by Gasteiger charge is 2.12. The third kappa shape index (κ3) is 2.17. The highest BCUT2D eigenvalue weighted by Crippen LogP contribution is 2.35. The van der Waals surface area contributed by atoms with Crippen LogP contribution < -0.4 is 0 Å². The van der Waals surface area contributed by atoms with Crippen molar-refractivity contribution in [3.8, 4) is 11.1 Å². The van der Waals surface area contributed by atoms with Crippen molar-refractivity contribution in [1.82, 2.24) is 4.98 Å². The first-order valence-corrected chi connectivity index (χ1v) is 8.11. The molecular weight excluding hydrogens is 290 g/mol. The second-order valence-corrected chi connectivity index (χ2v) is 6.73. The molecule has 0 bridgehead atoms. The first-order chi connectivity index (χ1) is 10.6. The van der Waals surface area contributed by atoms with E-state index in [1.165, 1.54) is 27.8 Å². The third-order valence-corrected chi connectivity index (χ3v) is 4.75. The lowest BCUT2D eigenvalue weighted by Crippen LogP contribution is -1.86. The highest BCUT2D eigenvalue weighted by atomic mass is 35.5. The number of allylic oxidation sites excluding steroid dienone is 1. The van der Waals surface area contributed by atoms with E-state index >= 15 is 0 Å². The largest absolute Gasteiger partial charge is 0.358 e. The minimum absolute atomic E-state index is 0.487. The Morgan fingerprint density at radius 1 is 1.09 bits per heavy atom. The molecule has 110 valence electrons. The van der Waals surface area contributed by atoms with Crippen LogP contribution in [0, 0.1) is 0 Å². The first kappa shape index (κ1) is 13.7. The Balaban J connectivity index is 1.86. The summed E-state index contributed by atoms with van der Waals surface area (Å²) in [4.78, 5) is 3.51. The molecule has 1 nitrogen and oxygen atoms in total. The molecule has 0 saturated carbocycles. The van der Waals surface area contributed by atoms with Crippen LogP contribution in [0.25, 0.3) is 28.1 Å². The van der Waals surface area contributed by atoms with Gasteiger partial charge in [0.15, 0.2) is 0 Å². The normalized spacial score (nSPS) is 13.3. The number of halogens is 1. The van der Waals surface area contributed by atoms with Crippen LogP contribution in [0.1, 0.15) is 36.6 Å². The summed E-state index contributed by atoms with van der Waals surface area (Å²) < 4.78 is 0. The van der Waals surface area contributed by atoms with E-state index in [9.17, 15) is 0 Å². The van der Waals surface area contributed by atoms with Crippen LogP contribution in [0.3, 0.4) is 0 Å². The van der Waals surface area contributed by atoms with E-state index < -0.39 is 0 Å². The van der Waals surface area contributed by atoms with E-state index in [4.69, 9.17) is 11.6 Å². The standard InChI is InChI=1S/C20H18ClN/c1-12(2)19-10-16-9-18(21)17(11-20(16)22-19)15-7-6-13-4-3-5-14(13)8-15/h3-4,6-12,22H,5H2,1-2H3. The minimum Gasteiger partial charge on any atom is -0.358 e. The van der Waals surface area contributed by atoms with Crippen molar-refractivity contribution in [2.45, 2.75) is 26.2 Å². The van der Waals surface area contributed by atoms with Crippen LogP contribution in [0.4, 0.5) is 0 Å². The molecule has 4 rings (SSSR count). The van der Waals surface area contributed by atoms with Crippen LogP contribution in [0.2, 0.25) is 5.02 Å². The number of hydrogen-bond acceptors (Lipinski definition) is 0. The smallest absolute Gasteiger partial charge is 0.0491 e. The second kappa shape index (κ2) is 5.03. The Hall–Kier alpha value is -1.99. The number of nitrogens with one attached hydrogen (secondary N) is 1. The van der Waals surface area contributed by atoms with Crippen LogP contribution >= 0.6 is 11.6 Å². The van der Waals surface area contributed by atoms with Crippen LogP contribution in [0.15, 0.2) is 42.5 Å². The van der Waals surface area contributed by atoms with E-state index in [-0.39, 0.29) is 0 Å². The summed E-state index contributed by atoms with van der Waals surface area (Å²) in [7, 11) is 0. The van der Waals surface area contributed by atoms with Gasteiger partial charge in [-0.3, -0.25) is 0 Å². The zero-order valence-corrected chi connectivity index (χ0v) is 13.5. The monoisotopic (exact) mass is 307 g/mol. The number of hydrogen-bond donors (Lipinski definition) is 1. The Morgan fingerprint density at radius 2 is 1.95 bits per heavy atom. The van der Waals surface area contributed by atoms with Gasteiger partial charge in [-0.25, -0.2) is 0 Å². The Labute approximate surface area is 135 Å². The molecule has 0 atom stereocenters. The van der Waals surface area contributed by atoms with Crippen LogP contribution in [-0.4, -0.2) is 4.98 Å². The molecule has 2 heteroatoms. The predicted molar refractivity (Wildman–Crippen MR) is 95.6 cm³/mol. The van der Waals surface area contributed by atoms with Gasteiger partial charge in [-0.1, -0.05) is 55.8 Å². The number of fused-ring (bicyclic) bond motifs is 2. The fourth-order valence-corrected chi connectivity index (χ4v) is 3.41. The van der Waals surface area contributed by atoms with Crippen molar-refractivity contribution in [3.05, 3.63) is 64.3 Å². The summed E-state index contributed by atoms with van der Waals surface area (Å²) in [6.07, 6.45) is 5.41. The topological polar surface area (TPSA) is 15.8 Å². The van der Waals surface area contributed by atoms with Gasteiger partial charge in [-0.05, 0) is 47.2 Å². The molecule has 1 aliphatic carbocycles. The molecule has 1 aliphatic rings. The SMILES string of the molecule is CC(C)c1cc2cc(Cl)c(-c3ccc4c(c3)CC=C4)cc2[nH]1. The fraction of sp³-hybridized carbons (Fsp3) is 0.200. The van der Waals surface area contributed by atoms with Crippen molar-refractivity contribution in [3.63, 3.8) is 0 Å². The molecule has 0 spiro atoms. The molecule has 1 N–H and O–H groups in total. The zero-order valence-electron chi connectivity index (χ0n) is 12.8. The highest BCUT2D eigenvalue weighted by molar-refractivity contribution is 6.34. The minimum atomic E-state index is 0.487. The maximum atomic E-state index is 6.55. The van der Waals surface area contributed by atoms with Crippen molar-refractivity contribution in [1.29, 1.82) is 0 Å². The Kier molecular flexibility index (Phi) is 3.12. The molecule has 0 saturated heterocycles. The molecule has 3 aromatic rings. The Bertz CT molecular complexity index is 899. The lowest BCUT2D eigenvalue weighted by Gasteiger charge is -2.08. The zero-order chi connectivity index (χ0) is 15.3. The van der Waals surface area contributed by atoms with Gasteiger partial charge in [0.1, 0.15) is 0 Å². The quantitative estimate of drug-likeness (QED) is 0.581. The fourth-order valence-electron chi connectivity index (χ4n) is 3.13. The lowest BCUT2D eigenvalue weighted by atomic mass is 9.99. The molecule has 1 heterocycles. The summed E-state index contributed by atoms with van der Waals surface area (Å²) in [5.74, 6) is 0.487. The molecule has 1 aromatic heterocycles. The average molecular weight is 308 g/mol. The van der Waals surface area contributed by atoms with Gasteiger partial charge in [-0.15, -0.1) is 0 Å². The summed E-state index contributed by atoms with van der Waals surface area (Å²) in [6.45, 7) is 4.39. The van der Waals surface area contributed by atoms with E-state index in [1.807, 2.05) is 0 Å². The summed E-state index contributed by atoms with van der Waals surface area (Å²) in [5.41, 5.74) is 7.39. The van der Waals surface area contributed by atoms with Gasteiger partial charge in [0.2, 0.25) is 0 Å². The first-order valence-electron chi connectivity index (χ1n) is 7.74. The molecule has 0 aliphatic heterocycles. The maximum Gasteiger partial charge on any atom is 0.0491 e. The lowest BCUT2D eigenvalue weighted by molar-refractivity contribution is 0.836. The summed E-state index contributed by atoms with van der Waals surface area (Å²) in [6, 6.07) is 13.0. The van der Waals surface area contributed by atoms with Gasteiger partial charge >= 0.3 is 0 Å². The maximum absolute atomic E-state index is 6.55. The van der Waals surface area contributed by atoms with Crippen molar-refractivity contribution < 1.29 is 0 Å². The molecule has 22 heavy (non-hydrogen) atoms. The van der Waals surface area contributed by atoms with Gasteiger partial charge in [-0.2, -0.15) is 0 Å². The number of aromatic nitrogens is 1. The predicted octanol–water partition coefficient (Wildman–Crippen LogP) is 6.18. The Morgan fingerprint density at radius 3 is 2.77 bits per heavy atom. The van der Waals surface area contributed by atoms with Gasteiger partial charge in [0, 0.05) is 27.2 Å². The summed E-state index contributed by atoms with van der Waals surface area (Å²) in [5, 5.41) is 1.99. The van der Waals surface area contributed by atoms with Crippen LogP contribution in [0.5, 0.6) is 0 Å². The molecule has 0 unspecified atom stereocenters. The number of aromatic amines is 1. The van der Waals surface area contributed by atoms with Gasteiger partial charge in [0.05, 0.1) is 0 Å². The second-order valence-electron chi connectivity index (χ2n) is 6.32. The molecule has 0 amide bonds. The van der Waals surface area contributed by atoms with Crippen molar-refractivity contribution in [2.75, 3.05) is 0 Å². The van der Waals surface area contributed by atoms with Crippen molar-refractivity contribution >= 4 is 28.6 Å². The van der Waals surface area contributed by atoms with E-state index in [0.29, 0.717) is 5.92 Å².